The molecule has 2 atom stereocenters. The average Bonchev–Trinajstić information content (AvgIpc) is 3.00. The Morgan fingerprint density at radius 1 is 1.28 bits per heavy atom. The Morgan fingerprint density at radius 3 is 2.83 bits per heavy atom. The number of rotatable bonds is 8. The summed E-state index contributed by atoms with van der Waals surface area (Å²) in [7, 11) is 0. The van der Waals surface area contributed by atoms with Gasteiger partial charge < -0.3 is 20.4 Å². The van der Waals surface area contributed by atoms with Crippen molar-refractivity contribution in [3.8, 4) is 0 Å². The number of likely N-dealkylation sites (tertiary alicyclic amines) is 1. The third-order valence-corrected chi connectivity index (χ3v) is 7.62. The average molecular weight is 513 g/mol. The van der Waals surface area contributed by atoms with Crippen molar-refractivity contribution in [1.29, 1.82) is 0 Å². The minimum absolute atomic E-state index is 0.302. The van der Waals surface area contributed by atoms with Gasteiger partial charge in [0.05, 0.1) is 16.9 Å². The molecule has 0 bridgehead atoms. The number of carbonyl (C=O) groups is 2. The van der Waals surface area contributed by atoms with E-state index >= 15 is 0 Å². The number of hydrogen-bond acceptors (Lipinski definition) is 5. The predicted octanol–water partition coefficient (Wildman–Crippen LogP) is 4.98. The zero-order valence-corrected chi connectivity index (χ0v) is 22.2. The van der Waals surface area contributed by atoms with Crippen molar-refractivity contribution in [3.05, 3.63) is 47.1 Å². The monoisotopic (exact) mass is 512 g/mol. The number of piperidine rings is 1. The summed E-state index contributed by atoms with van der Waals surface area (Å²) in [5.74, 6) is 0.712. The first kappa shape index (κ1) is 26.4. The van der Waals surface area contributed by atoms with E-state index in [2.05, 4.69) is 46.2 Å². The lowest BCUT2D eigenvalue weighted by molar-refractivity contribution is 0.0819. The molecule has 8 nitrogen and oxygen atoms in total. The number of pyridine rings is 1. The largest absolute Gasteiger partial charge is 0.336 e. The maximum atomic E-state index is 13.5. The van der Waals surface area contributed by atoms with Crippen LogP contribution < -0.4 is 15.5 Å². The summed E-state index contributed by atoms with van der Waals surface area (Å²) in [6.45, 7) is 12.3. The van der Waals surface area contributed by atoms with Crippen LogP contribution in [0.2, 0.25) is 5.02 Å². The van der Waals surface area contributed by atoms with Crippen molar-refractivity contribution in [2.24, 2.45) is 5.92 Å². The molecule has 36 heavy (non-hydrogen) atoms. The highest BCUT2D eigenvalue weighted by Gasteiger charge is 2.32. The fraction of sp³-hybridized carbons (Fsp3) is 0.519. The fourth-order valence-corrected chi connectivity index (χ4v) is 5.82. The van der Waals surface area contributed by atoms with Gasteiger partial charge in [-0.25, -0.2) is 14.7 Å². The smallest absolute Gasteiger partial charge is 0.327 e. The molecule has 1 fully saturated rings. The predicted molar refractivity (Wildman–Crippen MR) is 145 cm³/mol. The summed E-state index contributed by atoms with van der Waals surface area (Å²) >= 11 is 6.25. The molecule has 2 aliphatic rings. The van der Waals surface area contributed by atoms with Gasteiger partial charge in [0.1, 0.15) is 0 Å². The van der Waals surface area contributed by atoms with Gasteiger partial charge in [0.25, 0.3) is 5.91 Å². The quantitative estimate of drug-likeness (QED) is 0.521. The molecule has 2 aromatic rings. The molecule has 0 radical (unpaired) electrons. The standard InChI is InChI=1S/C27H37ClN6O2/c1-4-23(33(5-2)6-3)19-9-8-15-32(18-19)16-14-30-27(36)34-24-17-20(28)11-12-21(24)26(35)31-22-10-7-13-29-25(22)34/h7,10-13,17,19,23H,4-6,8-9,14-16,18H2,1-3H3,(H,30,36)(H,31,35). The van der Waals surface area contributed by atoms with Crippen LogP contribution in [0.15, 0.2) is 36.5 Å². The van der Waals surface area contributed by atoms with Gasteiger partial charge in [0.2, 0.25) is 0 Å². The van der Waals surface area contributed by atoms with Crippen LogP contribution in [0.5, 0.6) is 0 Å². The maximum absolute atomic E-state index is 13.5. The van der Waals surface area contributed by atoms with Gasteiger partial charge in [-0.2, -0.15) is 0 Å². The van der Waals surface area contributed by atoms with Crippen molar-refractivity contribution in [2.75, 3.05) is 49.5 Å². The van der Waals surface area contributed by atoms with E-state index in [4.69, 9.17) is 11.6 Å². The Balaban J connectivity index is 1.45. The number of fused-ring (bicyclic) bond motifs is 2. The van der Waals surface area contributed by atoms with E-state index in [0.717, 1.165) is 39.1 Å². The van der Waals surface area contributed by atoms with E-state index in [1.54, 1.807) is 36.5 Å². The van der Waals surface area contributed by atoms with Crippen LogP contribution in [0.4, 0.5) is 22.0 Å². The molecule has 4 rings (SSSR count). The number of nitrogens with one attached hydrogen (secondary N) is 2. The molecule has 0 saturated carbocycles. The summed E-state index contributed by atoms with van der Waals surface area (Å²) in [4.78, 5) is 37.2. The topological polar surface area (TPSA) is 80.8 Å². The molecule has 2 unspecified atom stereocenters. The Bertz CT molecular complexity index is 1080. The Morgan fingerprint density at radius 2 is 2.08 bits per heavy atom. The molecule has 1 saturated heterocycles. The lowest BCUT2D eigenvalue weighted by Gasteiger charge is -2.41. The SMILES string of the molecule is CCC(C1CCCN(CCNC(=O)N2c3cc(Cl)ccc3C(=O)Nc3cccnc32)C1)N(CC)CC. The van der Waals surface area contributed by atoms with Gasteiger partial charge >= 0.3 is 6.03 Å². The number of hydrogen-bond donors (Lipinski definition) is 2. The summed E-state index contributed by atoms with van der Waals surface area (Å²) in [5.41, 5.74) is 1.26. The molecule has 2 aliphatic heterocycles. The van der Waals surface area contributed by atoms with Crippen LogP contribution in [0.25, 0.3) is 0 Å². The Labute approximate surface area is 219 Å². The highest BCUT2D eigenvalue weighted by Crippen LogP contribution is 2.37. The zero-order valence-electron chi connectivity index (χ0n) is 21.5. The fourth-order valence-electron chi connectivity index (χ4n) is 5.65. The molecule has 194 valence electrons. The number of urea groups is 1. The Kier molecular flexibility index (Phi) is 8.82. The van der Waals surface area contributed by atoms with Gasteiger partial charge in [0.15, 0.2) is 5.82 Å². The highest BCUT2D eigenvalue weighted by atomic mass is 35.5. The van der Waals surface area contributed by atoms with E-state index in [9.17, 15) is 9.59 Å². The first-order valence-electron chi connectivity index (χ1n) is 13.1. The molecular weight excluding hydrogens is 476 g/mol. The summed E-state index contributed by atoms with van der Waals surface area (Å²) in [6.07, 6.45) is 5.20. The minimum atomic E-state index is -0.335. The molecule has 3 amide bonds. The number of anilines is 3. The molecule has 1 aromatic heterocycles. The van der Waals surface area contributed by atoms with Crippen molar-refractivity contribution in [3.63, 3.8) is 0 Å². The summed E-state index contributed by atoms with van der Waals surface area (Å²) in [5, 5.41) is 6.35. The van der Waals surface area contributed by atoms with Gasteiger partial charge in [-0.1, -0.05) is 32.4 Å². The van der Waals surface area contributed by atoms with Crippen LogP contribution >= 0.6 is 11.6 Å². The number of carbonyl (C=O) groups excluding carboxylic acids is 2. The number of benzene rings is 1. The molecule has 9 heteroatoms. The number of halogens is 1. The first-order chi connectivity index (χ1) is 17.5. The van der Waals surface area contributed by atoms with Gasteiger partial charge in [-0.05, 0) is 75.1 Å². The lowest BCUT2D eigenvalue weighted by Crippen LogP contribution is -2.49. The number of amides is 3. The second-order valence-corrected chi connectivity index (χ2v) is 9.89. The van der Waals surface area contributed by atoms with Crippen molar-refractivity contribution < 1.29 is 9.59 Å². The summed E-state index contributed by atoms with van der Waals surface area (Å²) in [6, 6.07) is 8.64. The van der Waals surface area contributed by atoms with Crippen LogP contribution in [-0.2, 0) is 0 Å². The van der Waals surface area contributed by atoms with Crippen LogP contribution in [0, 0.1) is 5.92 Å². The van der Waals surface area contributed by atoms with Gasteiger partial charge in [0, 0.05) is 36.9 Å². The Hall–Kier alpha value is -2.68. The third kappa shape index (κ3) is 5.66. The second kappa shape index (κ2) is 12.0. The number of aromatic nitrogens is 1. The first-order valence-corrected chi connectivity index (χ1v) is 13.4. The normalized spacial score (nSPS) is 18.8. The maximum Gasteiger partial charge on any atom is 0.327 e. The van der Waals surface area contributed by atoms with E-state index in [0.29, 0.717) is 46.3 Å². The van der Waals surface area contributed by atoms with E-state index in [1.807, 2.05) is 0 Å². The molecule has 2 N–H and O–H groups in total. The molecule has 3 heterocycles. The van der Waals surface area contributed by atoms with Crippen molar-refractivity contribution >= 4 is 40.7 Å². The van der Waals surface area contributed by atoms with Crippen LogP contribution in [0.1, 0.15) is 50.4 Å². The zero-order chi connectivity index (χ0) is 25.7. The molecule has 1 aromatic carbocycles. The number of nitrogens with zero attached hydrogens (tertiary/aromatic N) is 4. The third-order valence-electron chi connectivity index (χ3n) is 7.39. The second-order valence-electron chi connectivity index (χ2n) is 9.46. The molecular formula is C27H37ClN6O2. The van der Waals surface area contributed by atoms with E-state index in [-0.39, 0.29) is 11.9 Å². The lowest BCUT2D eigenvalue weighted by atomic mass is 9.88. The van der Waals surface area contributed by atoms with Crippen LogP contribution in [0.3, 0.4) is 0 Å². The van der Waals surface area contributed by atoms with Crippen molar-refractivity contribution in [1.82, 2.24) is 20.1 Å². The van der Waals surface area contributed by atoms with E-state index in [1.165, 1.54) is 17.7 Å². The molecule has 0 spiro atoms. The highest BCUT2D eigenvalue weighted by molar-refractivity contribution is 6.31. The van der Waals surface area contributed by atoms with Gasteiger partial charge in [-0.15, -0.1) is 0 Å². The van der Waals surface area contributed by atoms with Crippen LogP contribution in [-0.4, -0.2) is 72.0 Å². The minimum Gasteiger partial charge on any atom is -0.336 e. The van der Waals surface area contributed by atoms with Gasteiger partial charge in [-0.3, -0.25) is 4.79 Å². The van der Waals surface area contributed by atoms with Crippen molar-refractivity contribution in [2.45, 2.75) is 46.1 Å². The molecule has 0 aliphatic carbocycles. The van der Waals surface area contributed by atoms with E-state index < -0.39 is 0 Å². The summed E-state index contributed by atoms with van der Waals surface area (Å²) < 4.78 is 0.